The van der Waals surface area contributed by atoms with Gasteiger partial charge in [0.05, 0.1) is 13.2 Å². The summed E-state index contributed by atoms with van der Waals surface area (Å²) in [6, 6.07) is 5.42. The molecule has 1 amide bonds. The summed E-state index contributed by atoms with van der Waals surface area (Å²) in [5.74, 6) is 1.22. The van der Waals surface area contributed by atoms with E-state index >= 15 is 0 Å². The summed E-state index contributed by atoms with van der Waals surface area (Å²) < 4.78 is 11.0. The molecule has 112 valence electrons. The molecule has 5 heteroatoms. The highest BCUT2D eigenvalue weighted by molar-refractivity contribution is 5.92. The zero-order chi connectivity index (χ0) is 15.0. The third-order valence-electron chi connectivity index (χ3n) is 2.77. The van der Waals surface area contributed by atoms with Crippen LogP contribution in [0.5, 0.6) is 11.5 Å². The summed E-state index contributed by atoms with van der Waals surface area (Å²) in [6.07, 6.45) is 0. The van der Waals surface area contributed by atoms with E-state index in [1.807, 2.05) is 40.0 Å². The molecule has 0 bridgehead atoms. The summed E-state index contributed by atoms with van der Waals surface area (Å²) in [5, 5.41) is 5.87. The van der Waals surface area contributed by atoms with E-state index in [-0.39, 0.29) is 11.8 Å². The third-order valence-corrected chi connectivity index (χ3v) is 2.77. The molecular weight excluding hydrogens is 256 g/mol. The number of amides is 1. The summed E-state index contributed by atoms with van der Waals surface area (Å²) in [5.41, 5.74) is 0.713. The monoisotopic (exact) mass is 280 g/mol. The normalized spacial score (nSPS) is 11.8. The van der Waals surface area contributed by atoms with Gasteiger partial charge in [-0.25, -0.2) is 0 Å². The van der Waals surface area contributed by atoms with Gasteiger partial charge in [-0.2, -0.15) is 0 Å². The predicted molar refractivity (Wildman–Crippen MR) is 80.5 cm³/mol. The van der Waals surface area contributed by atoms with Crippen molar-refractivity contribution in [2.24, 2.45) is 5.92 Å². The van der Waals surface area contributed by atoms with Crippen LogP contribution in [0.2, 0.25) is 0 Å². The van der Waals surface area contributed by atoms with E-state index in [9.17, 15) is 4.79 Å². The van der Waals surface area contributed by atoms with Gasteiger partial charge in [0.25, 0.3) is 0 Å². The van der Waals surface area contributed by atoms with Gasteiger partial charge in [0.2, 0.25) is 5.91 Å². The van der Waals surface area contributed by atoms with E-state index in [4.69, 9.17) is 9.47 Å². The number of hydrogen-bond acceptors (Lipinski definition) is 4. The Kier molecular flexibility index (Phi) is 6.87. The molecule has 0 heterocycles. The second-order valence-electron chi connectivity index (χ2n) is 4.48. The van der Waals surface area contributed by atoms with Gasteiger partial charge < -0.3 is 20.1 Å². The Balaban J connectivity index is 2.80. The number of carbonyl (C=O) groups is 1. The summed E-state index contributed by atoms with van der Waals surface area (Å²) in [7, 11) is 1.83. The Morgan fingerprint density at radius 1 is 1.20 bits per heavy atom. The standard InChI is InChI=1S/C15H24N2O3/c1-5-19-13-8-7-12(9-14(13)20-6-2)17-15(18)11(3)10-16-4/h7-9,11,16H,5-6,10H2,1-4H3,(H,17,18). The van der Waals surface area contributed by atoms with Crippen molar-refractivity contribution in [3.63, 3.8) is 0 Å². The van der Waals surface area contributed by atoms with Crippen LogP contribution in [0.3, 0.4) is 0 Å². The quantitative estimate of drug-likeness (QED) is 0.767. The van der Waals surface area contributed by atoms with Crippen LogP contribution in [0.4, 0.5) is 5.69 Å². The van der Waals surface area contributed by atoms with Gasteiger partial charge in [0, 0.05) is 24.2 Å². The third kappa shape index (κ3) is 4.74. The SMILES string of the molecule is CCOc1ccc(NC(=O)C(C)CNC)cc1OCC. The summed E-state index contributed by atoms with van der Waals surface area (Å²) in [6.45, 7) is 7.48. The predicted octanol–water partition coefficient (Wildman–Crippen LogP) is 2.28. The van der Waals surface area contributed by atoms with Gasteiger partial charge in [0.15, 0.2) is 11.5 Å². The second kappa shape index (κ2) is 8.43. The average molecular weight is 280 g/mol. The molecule has 1 atom stereocenters. The van der Waals surface area contributed by atoms with Crippen LogP contribution in [0.15, 0.2) is 18.2 Å². The number of rotatable bonds is 8. The molecule has 2 N–H and O–H groups in total. The molecule has 0 saturated heterocycles. The van der Waals surface area contributed by atoms with Crippen molar-refractivity contribution in [3.05, 3.63) is 18.2 Å². The van der Waals surface area contributed by atoms with E-state index in [1.54, 1.807) is 6.07 Å². The molecule has 1 rings (SSSR count). The van der Waals surface area contributed by atoms with Gasteiger partial charge in [-0.1, -0.05) is 6.92 Å². The Bertz CT molecular complexity index is 435. The smallest absolute Gasteiger partial charge is 0.228 e. The van der Waals surface area contributed by atoms with Gasteiger partial charge in [-0.3, -0.25) is 4.79 Å². The molecule has 0 aliphatic heterocycles. The Morgan fingerprint density at radius 3 is 2.45 bits per heavy atom. The number of hydrogen-bond donors (Lipinski definition) is 2. The fourth-order valence-corrected chi connectivity index (χ4v) is 1.79. The number of benzene rings is 1. The molecule has 0 aliphatic rings. The minimum absolute atomic E-state index is 0.0223. The first-order valence-corrected chi connectivity index (χ1v) is 6.97. The zero-order valence-corrected chi connectivity index (χ0v) is 12.7. The van der Waals surface area contributed by atoms with Crippen LogP contribution < -0.4 is 20.1 Å². The summed E-state index contributed by atoms with van der Waals surface area (Å²) in [4.78, 5) is 12.0. The maximum absolute atomic E-state index is 12.0. The minimum atomic E-state index is -0.0953. The lowest BCUT2D eigenvalue weighted by molar-refractivity contribution is -0.119. The molecule has 20 heavy (non-hydrogen) atoms. The van der Waals surface area contributed by atoms with E-state index in [1.165, 1.54) is 0 Å². The molecule has 0 fully saturated rings. The molecule has 0 aromatic heterocycles. The highest BCUT2D eigenvalue weighted by atomic mass is 16.5. The van der Waals surface area contributed by atoms with Crippen molar-refractivity contribution >= 4 is 11.6 Å². The molecule has 1 aromatic rings. The lowest BCUT2D eigenvalue weighted by Gasteiger charge is -2.15. The minimum Gasteiger partial charge on any atom is -0.490 e. The average Bonchev–Trinajstić information content (AvgIpc) is 2.42. The first kappa shape index (κ1) is 16.3. The zero-order valence-electron chi connectivity index (χ0n) is 12.7. The number of anilines is 1. The molecule has 0 saturated carbocycles. The van der Waals surface area contributed by atoms with Gasteiger partial charge in [0.1, 0.15) is 0 Å². The molecule has 0 aliphatic carbocycles. The first-order chi connectivity index (χ1) is 9.62. The largest absolute Gasteiger partial charge is 0.490 e. The van der Waals surface area contributed by atoms with Crippen LogP contribution in [0.25, 0.3) is 0 Å². The highest BCUT2D eigenvalue weighted by Crippen LogP contribution is 2.30. The van der Waals surface area contributed by atoms with Crippen LogP contribution in [0, 0.1) is 5.92 Å². The maximum Gasteiger partial charge on any atom is 0.228 e. The second-order valence-corrected chi connectivity index (χ2v) is 4.48. The van der Waals surface area contributed by atoms with Crippen molar-refractivity contribution in [3.8, 4) is 11.5 Å². The number of nitrogens with one attached hydrogen (secondary N) is 2. The van der Waals surface area contributed by atoms with Crippen LogP contribution >= 0.6 is 0 Å². The fourth-order valence-electron chi connectivity index (χ4n) is 1.79. The number of ether oxygens (including phenoxy) is 2. The van der Waals surface area contributed by atoms with Crippen molar-refractivity contribution < 1.29 is 14.3 Å². The van der Waals surface area contributed by atoms with E-state index < -0.39 is 0 Å². The van der Waals surface area contributed by atoms with Crippen molar-refractivity contribution in [2.45, 2.75) is 20.8 Å². The highest BCUT2D eigenvalue weighted by Gasteiger charge is 2.13. The van der Waals surface area contributed by atoms with Crippen LogP contribution in [-0.2, 0) is 4.79 Å². The fraction of sp³-hybridized carbons (Fsp3) is 0.533. The van der Waals surface area contributed by atoms with Gasteiger partial charge in [-0.15, -0.1) is 0 Å². The Labute approximate surface area is 120 Å². The molecule has 1 unspecified atom stereocenters. The van der Waals surface area contributed by atoms with Gasteiger partial charge >= 0.3 is 0 Å². The molecular formula is C15H24N2O3. The van der Waals surface area contributed by atoms with Gasteiger partial charge in [-0.05, 0) is 33.0 Å². The first-order valence-electron chi connectivity index (χ1n) is 6.97. The van der Waals surface area contributed by atoms with E-state index in [2.05, 4.69) is 10.6 Å². The molecule has 0 radical (unpaired) electrons. The van der Waals surface area contributed by atoms with Crippen molar-refractivity contribution in [2.75, 3.05) is 32.1 Å². The van der Waals surface area contributed by atoms with Crippen molar-refractivity contribution in [1.29, 1.82) is 0 Å². The molecule has 0 spiro atoms. The Morgan fingerprint density at radius 2 is 1.85 bits per heavy atom. The maximum atomic E-state index is 12.0. The van der Waals surface area contributed by atoms with Crippen molar-refractivity contribution in [1.82, 2.24) is 5.32 Å². The van der Waals surface area contributed by atoms with E-state index in [0.717, 1.165) is 0 Å². The topological polar surface area (TPSA) is 59.6 Å². The molecule has 1 aromatic carbocycles. The lowest BCUT2D eigenvalue weighted by Crippen LogP contribution is -2.28. The number of carbonyl (C=O) groups excluding carboxylic acids is 1. The van der Waals surface area contributed by atoms with Crippen LogP contribution in [0.1, 0.15) is 20.8 Å². The van der Waals surface area contributed by atoms with Crippen LogP contribution in [-0.4, -0.2) is 32.7 Å². The Hall–Kier alpha value is -1.75. The summed E-state index contributed by atoms with van der Waals surface area (Å²) >= 11 is 0. The molecule has 5 nitrogen and oxygen atoms in total. The lowest BCUT2D eigenvalue weighted by atomic mass is 10.1. The van der Waals surface area contributed by atoms with E-state index in [0.29, 0.717) is 36.9 Å².